The van der Waals surface area contributed by atoms with Gasteiger partial charge in [-0.25, -0.2) is 0 Å². The minimum Gasteiger partial charge on any atom is -0.458 e. The number of nitriles is 2. The van der Waals surface area contributed by atoms with Gasteiger partial charge in [0.2, 0.25) is 0 Å². The highest BCUT2D eigenvalue weighted by Gasteiger charge is 2.25. The molecule has 0 saturated carbocycles. The molecule has 0 atom stereocenters. The van der Waals surface area contributed by atoms with E-state index in [9.17, 15) is 10.5 Å². The quantitative estimate of drug-likeness (QED) is 0.165. The second kappa shape index (κ2) is 12.2. The van der Waals surface area contributed by atoms with Crippen LogP contribution in [0, 0.1) is 29.6 Å². The minimum atomic E-state index is 0.507. The zero-order valence-electron chi connectivity index (χ0n) is 30.7. The van der Waals surface area contributed by atoms with Crippen LogP contribution in [-0.4, -0.2) is 9.13 Å². The number of benzene rings is 7. The van der Waals surface area contributed by atoms with Gasteiger partial charge in [-0.1, -0.05) is 110 Å². The average Bonchev–Trinajstić information content (AvgIpc) is 3.99. The van der Waals surface area contributed by atoms with Gasteiger partial charge in [-0.3, -0.25) is 0 Å². The van der Waals surface area contributed by atoms with E-state index < -0.39 is 0 Å². The predicted molar refractivity (Wildman–Crippen MR) is 231 cm³/mol. The molecule has 6 heteroatoms. The van der Waals surface area contributed by atoms with E-state index in [1.807, 2.05) is 85.8 Å². The van der Waals surface area contributed by atoms with Crippen LogP contribution in [-0.2, 0) is 0 Å². The summed E-state index contributed by atoms with van der Waals surface area (Å²) in [6.07, 6.45) is 5.69. The third-order valence-corrected chi connectivity index (χ3v) is 11.3. The number of furan rings is 2. The number of nitrogens with zero attached hydrogens (tertiary/aromatic N) is 4. The molecule has 0 fully saturated rings. The summed E-state index contributed by atoms with van der Waals surface area (Å²) in [6.45, 7) is 5.84. The van der Waals surface area contributed by atoms with Crippen molar-refractivity contribution in [3.05, 3.63) is 175 Å². The number of hydrogen-bond donors (Lipinski definition) is 0. The fourth-order valence-electron chi connectivity index (χ4n) is 8.91. The molecule has 0 aliphatic carbocycles. The van der Waals surface area contributed by atoms with E-state index in [0.717, 1.165) is 105 Å². The van der Waals surface area contributed by atoms with Crippen LogP contribution in [0.4, 0.5) is 0 Å². The van der Waals surface area contributed by atoms with E-state index in [1.165, 1.54) is 0 Å². The zero-order chi connectivity index (χ0) is 38.4. The van der Waals surface area contributed by atoms with Crippen LogP contribution in [0.15, 0.2) is 161 Å². The first-order valence-electron chi connectivity index (χ1n) is 18.8. The molecule has 0 N–H and O–H groups in total. The monoisotopic (exact) mass is 730 g/mol. The summed E-state index contributed by atoms with van der Waals surface area (Å²) in [6, 6.07) is 49.9. The molecule has 11 aromatic rings. The maximum Gasteiger partial charge on any atom is 0.160 e. The molecule has 7 aromatic carbocycles. The lowest BCUT2D eigenvalue weighted by Crippen LogP contribution is -2.03. The molecule has 266 valence electrons. The maximum absolute atomic E-state index is 10.8. The van der Waals surface area contributed by atoms with E-state index in [1.54, 1.807) is 6.08 Å². The third-order valence-electron chi connectivity index (χ3n) is 11.3. The second-order valence-corrected chi connectivity index (χ2v) is 14.3. The van der Waals surface area contributed by atoms with Crippen LogP contribution in [0.5, 0.6) is 0 Å². The van der Waals surface area contributed by atoms with E-state index in [-0.39, 0.29) is 0 Å². The van der Waals surface area contributed by atoms with Gasteiger partial charge in [0, 0.05) is 48.8 Å². The van der Waals surface area contributed by atoms with Crippen molar-refractivity contribution in [2.24, 2.45) is 0 Å². The first-order valence-corrected chi connectivity index (χ1v) is 18.8. The van der Waals surface area contributed by atoms with Crippen molar-refractivity contribution in [2.45, 2.75) is 6.92 Å². The van der Waals surface area contributed by atoms with Crippen molar-refractivity contribution in [3.8, 4) is 34.6 Å². The van der Waals surface area contributed by atoms with Crippen LogP contribution >= 0.6 is 0 Å². The molecule has 57 heavy (non-hydrogen) atoms. The number of allylic oxidation sites excluding steroid dienone is 2. The Labute approximate surface area is 326 Å². The SMILES string of the molecule is C=C/C=C\c1c(C)oc2c1ccc1c3ccccc3n(-c3cc(-c4cccc(C#N)c4-n4c5ccccc5c5ccc6c7ccccc7oc6c54)ccc3C#N)c12. The summed E-state index contributed by atoms with van der Waals surface area (Å²) in [5.74, 6) is 0.796. The van der Waals surface area contributed by atoms with Gasteiger partial charge in [-0.15, -0.1) is 0 Å². The molecule has 6 nitrogen and oxygen atoms in total. The van der Waals surface area contributed by atoms with Crippen molar-refractivity contribution >= 4 is 82.6 Å². The lowest BCUT2D eigenvalue weighted by molar-refractivity contribution is 0.579. The van der Waals surface area contributed by atoms with Gasteiger partial charge in [0.25, 0.3) is 0 Å². The predicted octanol–water partition coefficient (Wildman–Crippen LogP) is 13.4. The Kier molecular flexibility index (Phi) is 6.95. The highest BCUT2D eigenvalue weighted by Crippen LogP contribution is 2.45. The molecule has 0 unspecified atom stereocenters. The van der Waals surface area contributed by atoms with Gasteiger partial charge in [0.15, 0.2) is 11.2 Å². The van der Waals surface area contributed by atoms with E-state index in [0.29, 0.717) is 16.8 Å². The molecule has 0 amide bonds. The number of hydrogen-bond acceptors (Lipinski definition) is 4. The third kappa shape index (κ3) is 4.50. The normalized spacial score (nSPS) is 11.9. The molecule has 4 heterocycles. The van der Waals surface area contributed by atoms with Gasteiger partial charge < -0.3 is 18.0 Å². The largest absolute Gasteiger partial charge is 0.458 e. The van der Waals surface area contributed by atoms with Gasteiger partial charge in [-0.2, -0.15) is 10.5 Å². The van der Waals surface area contributed by atoms with Gasteiger partial charge in [0.05, 0.1) is 44.6 Å². The Hall–Kier alpha value is -8.06. The number of rotatable bonds is 5. The summed E-state index contributed by atoms with van der Waals surface area (Å²) < 4.78 is 17.6. The van der Waals surface area contributed by atoms with Crippen LogP contribution < -0.4 is 0 Å². The minimum absolute atomic E-state index is 0.507. The Morgan fingerprint density at radius 1 is 0.579 bits per heavy atom. The van der Waals surface area contributed by atoms with Gasteiger partial charge >= 0.3 is 0 Å². The lowest BCUT2D eigenvalue weighted by Gasteiger charge is -2.17. The molecular weight excluding hydrogens is 701 g/mol. The molecule has 0 bridgehead atoms. The molecule has 0 radical (unpaired) electrons. The van der Waals surface area contributed by atoms with Gasteiger partial charge in [-0.05, 0) is 61.0 Å². The Balaban J connectivity index is 1.24. The summed E-state index contributed by atoms with van der Waals surface area (Å²) in [7, 11) is 0. The van der Waals surface area contributed by atoms with Crippen molar-refractivity contribution < 1.29 is 8.83 Å². The molecule has 0 aliphatic rings. The van der Waals surface area contributed by atoms with Crippen molar-refractivity contribution in [1.29, 1.82) is 10.5 Å². The average molecular weight is 731 g/mol. The fourth-order valence-corrected chi connectivity index (χ4v) is 8.91. The Morgan fingerprint density at radius 2 is 1.21 bits per heavy atom. The summed E-state index contributed by atoms with van der Waals surface area (Å²) in [4.78, 5) is 0. The molecule has 11 rings (SSSR count). The Morgan fingerprint density at radius 3 is 1.95 bits per heavy atom. The molecular formula is C51H30N4O2. The maximum atomic E-state index is 10.8. The van der Waals surface area contributed by atoms with Crippen LogP contribution in [0.2, 0.25) is 0 Å². The first kappa shape index (κ1) is 32.4. The van der Waals surface area contributed by atoms with Crippen molar-refractivity contribution in [3.63, 3.8) is 0 Å². The van der Waals surface area contributed by atoms with Crippen LogP contribution in [0.25, 0.3) is 105 Å². The van der Waals surface area contributed by atoms with E-state index in [2.05, 4.69) is 94.6 Å². The summed E-state index contributed by atoms with van der Waals surface area (Å²) >= 11 is 0. The molecule has 0 saturated heterocycles. The zero-order valence-corrected chi connectivity index (χ0v) is 30.7. The second-order valence-electron chi connectivity index (χ2n) is 14.3. The van der Waals surface area contributed by atoms with Crippen LogP contribution in [0.3, 0.4) is 0 Å². The first-order chi connectivity index (χ1) is 28.1. The summed E-state index contributed by atoms with van der Waals surface area (Å²) in [5.41, 5.74) is 11.1. The van der Waals surface area contributed by atoms with Crippen LogP contribution in [0.1, 0.15) is 22.5 Å². The molecule has 4 aromatic heterocycles. The van der Waals surface area contributed by atoms with Crippen molar-refractivity contribution in [1.82, 2.24) is 9.13 Å². The number of aromatic nitrogens is 2. The van der Waals surface area contributed by atoms with E-state index >= 15 is 0 Å². The number of fused-ring (bicyclic) bond motifs is 12. The number of aryl methyl sites for hydroxylation is 1. The van der Waals surface area contributed by atoms with E-state index in [4.69, 9.17) is 8.83 Å². The smallest absolute Gasteiger partial charge is 0.160 e. The number of para-hydroxylation sites is 4. The Bertz CT molecular complexity index is 3650. The standard InChI is InChI=1S/C51H30N4O2/c1-3-4-13-34-30(2)56-50-41(34)25-23-39-36-14-5-8-18-43(36)54(48(39)50)45-27-31(21-22-32(45)28-52)35-17-11-12-33(29-53)47(35)55-44-19-9-6-15-37(44)40-24-26-42-38-16-7-10-20-46(38)57-51(42)49(40)55/h3-27H,1H2,2H3/b13-4-. The molecule has 0 spiro atoms. The van der Waals surface area contributed by atoms with Gasteiger partial charge in [0.1, 0.15) is 23.5 Å². The van der Waals surface area contributed by atoms with Crippen molar-refractivity contribution in [2.75, 3.05) is 0 Å². The topological polar surface area (TPSA) is 83.7 Å². The highest BCUT2D eigenvalue weighted by molar-refractivity contribution is 6.22. The summed E-state index contributed by atoms with van der Waals surface area (Å²) in [5, 5.41) is 28.7. The molecule has 0 aliphatic heterocycles. The fraction of sp³-hybridized carbons (Fsp3) is 0.0196. The highest BCUT2D eigenvalue weighted by atomic mass is 16.3. The lowest BCUT2D eigenvalue weighted by atomic mass is 9.97.